The average Bonchev–Trinajstić information content (AvgIpc) is 3.40. The molecule has 0 spiro atoms. The lowest BCUT2D eigenvalue weighted by molar-refractivity contribution is -0.122. The van der Waals surface area contributed by atoms with E-state index in [2.05, 4.69) is 42.0 Å². The van der Waals surface area contributed by atoms with Crippen LogP contribution in [0.4, 0.5) is 15.8 Å². The molecule has 1 saturated heterocycles. The molecule has 4 aromatic rings. The first-order chi connectivity index (χ1) is 20.4. The van der Waals surface area contributed by atoms with Gasteiger partial charge in [-0.25, -0.2) is 9.29 Å². The average molecular weight is 681 g/mol. The summed E-state index contributed by atoms with van der Waals surface area (Å²) in [6.07, 6.45) is 0. The topological polar surface area (TPSA) is 88.5 Å². The fourth-order valence-corrected chi connectivity index (χ4v) is 8.56. The molecule has 43 heavy (non-hydrogen) atoms. The molecule has 0 saturated carbocycles. The Bertz CT molecular complexity index is 1790. The van der Waals surface area contributed by atoms with Crippen molar-refractivity contribution >= 4 is 68.1 Å². The Morgan fingerprint density at radius 1 is 0.930 bits per heavy atom. The van der Waals surface area contributed by atoms with Crippen molar-refractivity contribution < 1.29 is 18.8 Å². The number of thiazole rings is 1. The molecule has 2 aliphatic rings. The Morgan fingerprint density at radius 2 is 1.58 bits per heavy atom. The van der Waals surface area contributed by atoms with Crippen LogP contribution in [0.2, 0.25) is 0 Å². The van der Waals surface area contributed by atoms with Crippen molar-refractivity contribution in [1.82, 2.24) is 4.57 Å². The van der Waals surface area contributed by atoms with Crippen LogP contribution in [0.25, 0.3) is 0 Å². The van der Waals surface area contributed by atoms with Gasteiger partial charge in [0.15, 0.2) is 0 Å². The Kier molecular flexibility index (Phi) is 7.68. The molecule has 3 aromatic carbocycles. The largest absolute Gasteiger partial charge is 0.325 e. The maximum Gasteiger partial charge on any atom is 0.308 e. The van der Waals surface area contributed by atoms with Crippen LogP contribution in [-0.2, 0) is 26.3 Å². The van der Waals surface area contributed by atoms with Crippen LogP contribution in [-0.4, -0.2) is 27.5 Å². The highest BCUT2D eigenvalue weighted by molar-refractivity contribution is 9.10. The quantitative estimate of drug-likeness (QED) is 0.242. The fourth-order valence-electron chi connectivity index (χ4n) is 5.53. The van der Waals surface area contributed by atoms with E-state index in [1.54, 1.807) is 24.3 Å². The highest BCUT2D eigenvalue weighted by atomic mass is 79.9. The number of imide groups is 1. The molecule has 3 atom stereocenters. The standard InChI is InChI=1S/C32H27BrFN3O4S2/c1-32(2,3)18-6-4-17(5-7-18)24-25-26(29(40)37(28(25)39)22-14-8-19(33)9-15-22)42-30-27(24)43-31(41)36(30)16-23(38)35-21-12-10-20(34)11-13-21/h4-15,24-26H,16H2,1-3H3,(H,35,38). The van der Waals surface area contributed by atoms with Crippen molar-refractivity contribution in [1.29, 1.82) is 0 Å². The predicted molar refractivity (Wildman–Crippen MR) is 170 cm³/mol. The summed E-state index contributed by atoms with van der Waals surface area (Å²) in [7, 11) is 0. The minimum atomic E-state index is -0.781. The zero-order valence-corrected chi connectivity index (χ0v) is 26.7. The number of nitrogens with one attached hydrogen (secondary N) is 1. The summed E-state index contributed by atoms with van der Waals surface area (Å²) in [5, 5.41) is 2.42. The molecule has 3 unspecified atom stereocenters. The Labute approximate surface area is 264 Å². The van der Waals surface area contributed by atoms with Crippen LogP contribution in [0.5, 0.6) is 0 Å². The van der Waals surface area contributed by atoms with Gasteiger partial charge in [0, 0.05) is 21.0 Å². The van der Waals surface area contributed by atoms with Crippen LogP contribution in [0, 0.1) is 11.7 Å². The van der Waals surface area contributed by atoms with Crippen LogP contribution < -0.4 is 15.1 Å². The monoisotopic (exact) mass is 679 g/mol. The molecule has 1 fully saturated rings. The van der Waals surface area contributed by atoms with Gasteiger partial charge in [0.2, 0.25) is 17.7 Å². The first kappa shape index (κ1) is 29.5. The number of nitrogens with zero attached hydrogens (tertiary/aromatic N) is 2. The molecule has 2 aliphatic heterocycles. The summed E-state index contributed by atoms with van der Waals surface area (Å²) in [4.78, 5) is 55.9. The lowest BCUT2D eigenvalue weighted by Gasteiger charge is -2.31. The highest BCUT2D eigenvalue weighted by Gasteiger charge is 2.56. The van der Waals surface area contributed by atoms with Gasteiger partial charge in [-0.3, -0.25) is 23.7 Å². The van der Waals surface area contributed by atoms with Gasteiger partial charge < -0.3 is 5.32 Å². The second-order valence-corrected chi connectivity index (χ2v) is 14.6. The lowest BCUT2D eigenvalue weighted by atomic mass is 9.81. The normalized spacial score (nSPS) is 19.7. The van der Waals surface area contributed by atoms with Gasteiger partial charge in [-0.1, -0.05) is 84.1 Å². The Morgan fingerprint density at radius 3 is 2.21 bits per heavy atom. The second-order valence-electron chi connectivity index (χ2n) is 11.6. The second kappa shape index (κ2) is 11.2. The van der Waals surface area contributed by atoms with Gasteiger partial charge in [0.05, 0.1) is 16.6 Å². The van der Waals surface area contributed by atoms with Crippen LogP contribution in [0.15, 0.2) is 87.1 Å². The van der Waals surface area contributed by atoms with Crippen molar-refractivity contribution in [2.75, 3.05) is 10.2 Å². The molecule has 6 rings (SSSR count). The molecular weight excluding hydrogens is 653 g/mol. The third kappa shape index (κ3) is 5.49. The number of hydrogen-bond donors (Lipinski definition) is 1. The van der Waals surface area contributed by atoms with E-state index in [9.17, 15) is 23.6 Å². The molecule has 1 aromatic heterocycles. The number of anilines is 2. The molecule has 0 radical (unpaired) electrons. The van der Waals surface area contributed by atoms with Gasteiger partial charge >= 0.3 is 4.87 Å². The van der Waals surface area contributed by atoms with E-state index in [0.717, 1.165) is 26.9 Å². The van der Waals surface area contributed by atoms with Crippen molar-refractivity contribution in [2.45, 2.75) is 48.9 Å². The van der Waals surface area contributed by atoms with E-state index >= 15 is 0 Å². The maximum atomic E-state index is 14.1. The van der Waals surface area contributed by atoms with Gasteiger partial charge in [-0.05, 0) is 65.1 Å². The zero-order chi connectivity index (χ0) is 30.6. The molecule has 0 aliphatic carbocycles. The predicted octanol–water partition coefficient (Wildman–Crippen LogP) is 6.54. The minimum absolute atomic E-state index is 0.0851. The van der Waals surface area contributed by atoms with Gasteiger partial charge in [-0.15, -0.1) is 0 Å². The van der Waals surface area contributed by atoms with E-state index in [1.807, 2.05) is 24.3 Å². The summed E-state index contributed by atoms with van der Waals surface area (Å²) < 4.78 is 15.5. The number of benzene rings is 3. The molecule has 1 N–H and O–H groups in total. The van der Waals surface area contributed by atoms with Gasteiger partial charge in [-0.2, -0.15) is 0 Å². The number of rotatable bonds is 5. The molecule has 3 heterocycles. The van der Waals surface area contributed by atoms with Crippen molar-refractivity contribution in [3.63, 3.8) is 0 Å². The number of hydrogen-bond acceptors (Lipinski definition) is 6. The number of carbonyl (C=O) groups is 3. The number of fused-ring (bicyclic) bond motifs is 2. The first-order valence-electron chi connectivity index (χ1n) is 13.6. The van der Waals surface area contributed by atoms with E-state index in [-0.39, 0.29) is 28.6 Å². The van der Waals surface area contributed by atoms with Gasteiger partial charge in [0.1, 0.15) is 17.6 Å². The fraction of sp³-hybridized carbons (Fsp3) is 0.250. The van der Waals surface area contributed by atoms with Crippen molar-refractivity contribution in [3.8, 4) is 0 Å². The summed E-state index contributed by atoms with van der Waals surface area (Å²) >= 11 is 5.57. The van der Waals surface area contributed by atoms with E-state index in [4.69, 9.17) is 0 Å². The number of halogens is 2. The van der Waals surface area contributed by atoms with Crippen LogP contribution in [0.3, 0.4) is 0 Å². The molecule has 0 bridgehead atoms. The van der Waals surface area contributed by atoms with Crippen LogP contribution in [0.1, 0.15) is 42.7 Å². The Balaban J connectivity index is 1.41. The van der Waals surface area contributed by atoms with E-state index < -0.39 is 28.8 Å². The van der Waals surface area contributed by atoms with Gasteiger partial charge in [0.25, 0.3) is 0 Å². The number of amides is 3. The molecule has 11 heteroatoms. The number of aromatic nitrogens is 1. The third-order valence-corrected chi connectivity index (χ3v) is 10.8. The number of thioether (sulfide) groups is 1. The third-order valence-electron chi connectivity index (χ3n) is 7.70. The molecule has 3 amide bonds. The zero-order valence-electron chi connectivity index (χ0n) is 23.5. The van der Waals surface area contributed by atoms with E-state index in [0.29, 0.717) is 21.3 Å². The smallest absolute Gasteiger partial charge is 0.308 e. The minimum Gasteiger partial charge on any atom is -0.325 e. The summed E-state index contributed by atoms with van der Waals surface area (Å²) in [6, 6.07) is 20.3. The van der Waals surface area contributed by atoms with E-state index in [1.165, 1.54) is 45.5 Å². The van der Waals surface area contributed by atoms with Crippen molar-refractivity contribution in [2.24, 2.45) is 5.92 Å². The molecule has 7 nitrogen and oxygen atoms in total. The molecule has 220 valence electrons. The lowest BCUT2D eigenvalue weighted by Crippen LogP contribution is -2.33. The first-order valence-corrected chi connectivity index (χ1v) is 16.1. The molecular formula is C32H27BrFN3O4S2. The summed E-state index contributed by atoms with van der Waals surface area (Å²) in [5.74, 6) is -2.85. The maximum absolute atomic E-state index is 14.1. The SMILES string of the molecule is CC(C)(C)c1ccc(C2c3sc(=O)n(CC(=O)Nc4ccc(F)cc4)c3SC3C(=O)N(c4ccc(Br)cc4)C(=O)C32)cc1. The highest BCUT2D eigenvalue weighted by Crippen LogP contribution is 2.54. The summed E-state index contributed by atoms with van der Waals surface area (Å²) in [6.45, 7) is 6.06. The van der Waals surface area contributed by atoms with Crippen molar-refractivity contribution in [3.05, 3.63) is 109 Å². The number of carbonyl (C=O) groups excluding carboxylic acids is 3. The summed E-state index contributed by atoms with van der Waals surface area (Å²) in [5.41, 5.74) is 2.74. The Hall–Kier alpha value is -3.54. The van der Waals surface area contributed by atoms with Crippen LogP contribution >= 0.6 is 39.0 Å².